The first-order valence-corrected chi connectivity index (χ1v) is 7.57. The van der Waals surface area contributed by atoms with Crippen LogP contribution in [0.4, 0.5) is 0 Å². The van der Waals surface area contributed by atoms with E-state index < -0.39 is 10.0 Å². The Bertz CT molecular complexity index is 313. The van der Waals surface area contributed by atoms with Crippen LogP contribution in [0.5, 0.6) is 0 Å². The number of rotatable bonds is 4. The minimum absolute atomic E-state index is 0.150. The van der Waals surface area contributed by atoms with Crippen molar-refractivity contribution in [1.82, 2.24) is 9.62 Å². The molecule has 0 aromatic rings. The highest BCUT2D eigenvalue weighted by molar-refractivity contribution is 7.89. The zero-order chi connectivity index (χ0) is 12.4. The molecule has 96 valence electrons. The Morgan fingerprint density at radius 3 is 2.38 bits per heavy atom. The van der Waals surface area contributed by atoms with E-state index in [1.54, 1.807) is 4.31 Å². The standard InChI is InChI=1S/C11H24N2O2S/c1-5-13(10-6-7-12-8-10)16(14,15)9-11(2,3)4/h10,12H,5-9H2,1-4H3. The van der Waals surface area contributed by atoms with Crippen LogP contribution in [0.1, 0.15) is 34.1 Å². The van der Waals surface area contributed by atoms with Crippen molar-refractivity contribution in [2.45, 2.75) is 40.2 Å². The molecule has 1 atom stereocenters. The molecular formula is C11H24N2O2S. The van der Waals surface area contributed by atoms with E-state index in [0.717, 1.165) is 19.5 Å². The second kappa shape index (κ2) is 5.02. The van der Waals surface area contributed by atoms with E-state index in [-0.39, 0.29) is 17.2 Å². The van der Waals surface area contributed by atoms with Gasteiger partial charge in [0.2, 0.25) is 10.0 Å². The summed E-state index contributed by atoms with van der Waals surface area (Å²) in [5.74, 6) is 0.227. The van der Waals surface area contributed by atoms with E-state index >= 15 is 0 Å². The summed E-state index contributed by atoms with van der Waals surface area (Å²) in [5.41, 5.74) is -0.182. The molecule has 0 aromatic heterocycles. The highest BCUT2D eigenvalue weighted by Crippen LogP contribution is 2.21. The van der Waals surface area contributed by atoms with Gasteiger partial charge >= 0.3 is 0 Å². The predicted octanol–water partition coefficient (Wildman–Crippen LogP) is 1.05. The second-order valence-electron chi connectivity index (χ2n) is 5.67. The third kappa shape index (κ3) is 3.71. The lowest BCUT2D eigenvalue weighted by Crippen LogP contribution is -2.44. The molecule has 0 bridgehead atoms. The fraction of sp³-hybridized carbons (Fsp3) is 1.00. The Morgan fingerprint density at radius 1 is 1.38 bits per heavy atom. The summed E-state index contributed by atoms with van der Waals surface area (Å²) in [4.78, 5) is 0. The molecule has 1 aliphatic heterocycles. The summed E-state index contributed by atoms with van der Waals surface area (Å²) < 4.78 is 26.2. The van der Waals surface area contributed by atoms with Crippen molar-refractivity contribution < 1.29 is 8.42 Å². The maximum Gasteiger partial charge on any atom is 0.214 e. The van der Waals surface area contributed by atoms with Crippen molar-refractivity contribution in [1.29, 1.82) is 0 Å². The van der Waals surface area contributed by atoms with Crippen LogP contribution in [0.15, 0.2) is 0 Å². The summed E-state index contributed by atoms with van der Waals surface area (Å²) in [6.45, 7) is 10.1. The van der Waals surface area contributed by atoms with Gasteiger partial charge in [0.1, 0.15) is 0 Å². The Kier molecular flexibility index (Phi) is 4.37. The van der Waals surface area contributed by atoms with Gasteiger partial charge in [-0.15, -0.1) is 0 Å². The molecule has 0 aromatic carbocycles. The van der Waals surface area contributed by atoms with Gasteiger partial charge in [-0.1, -0.05) is 27.7 Å². The summed E-state index contributed by atoms with van der Waals surface area (Å²) in [5, 5.41) is 3.22. The lowest BCUT2D eigenvalue weighted by Gasteiger charge is -2.29. The zero-order valence-corrected chi connectivity index (χ0v) is 11.6. The van der Waals surface area contributed by atoms with Gasteiger partial charge in [-0.2, -0.15) is 4.31 Å². The fourth-order valence-electron chi connectivity index (χ4n) is 2.20. The molecule has 5 heteroatoms. The first-order chi connectivity index (χ1) is 7.26. The second-order valence-corrected chi connectivity index (χ2v) is 7.59. The molecule has 0 radical (unpaired) electrons. The monoisotopic (exact) mass is 248 g/mol. The van der Waals surface area contributed by atoms with Gasteiger partial charge in [-0.3, -0.25) is 0 Å². The van der Waals surface area contributed by atoms with Crippen LogP contribution >= 0.6 is 0 Å². The highest BCUT2D eigenvalue weighted by Gasteiger charge is 2.33. The molecule has 1 N–H and O–H groups in total. The van der Waals surface area contributed by atoms with Gasteiger partial charge in [-0.25, -0.2) is 8.42 Å². The number of nitrogens with zero attached hydrogens (tertiary/aromatic N) is 1. The van der Waals surface area contributed by atoms with Crippen LogP contribution in [0.2, 0.25) is 0 Å². The van der Waals surface area contributed by atoms with Gasteiger partial charge in [0.05, 0.1) is 5.75 Å². The van der Waals surface area contributed by atoms with Crippen molar-refractivity contribution in [2.75, 3.05) is 25.4 Å². The maximum atomic E-state index is 12.3. The quantitative estimate of drug-likeness (QED) is 0.809. The maximum absolute atomic E-state index is 12.3. The van der Waals surface area contributed by atoms with Gasteiger partial charge in [0, 0.05) is 19.1 Å². The molecule has 16 heavy (non-hydrogen) atoms. The molecule has 1 unspecified atom stereocenters. The molecule has 1 rings (SSSR count). The van der Waals surface area contributed by atoms with Crippen molar-refractivity contribution >= 4 is 10.0 Å². The lowest BCUT2D eigenvalue weighted by molar-refractivity contribution is 0.338. The van der Waals surface area contributed by atoms with Crippen LogP contribution in [0.3, 0.4) is 0 Å². The SMILES string of the molecule is CCN(C1CCNC1)S(=O)(=O)CC(C)(C)C. The summed E-state index contributed by atoms with van der Waals surface area (Å²) in [6.07, 6.45) is 0.928. The molecule has 1 heterocycles. The molecule has 4 nitrogen and oxygen atoms in total. The molecule has 0 spiro atoms. The van der Waals surface area contributed by atoms with E-state index in [2.05, 4.69) is 5.32 Å². The fourth-order valence-corrected chi connectivity index (χ4v) is 4.49. The molecule has 1 saturated heterocycles. The Morgan fingerprint density at radius 2 is 2.00 bits per heavy atom. The number of hydrogen-bond donors (Lipinski definition) is 1. The van der Waals surface area contributed by atoms with E-state index in [4.69, 9.17) is 0 Å². The molecular weight excluding hydrogens is 224 g/mol. The van der Waals surface area contributed by atoms with Crippen LogP contribution < -0.4 is 5.32 Å². The Hall–Kier alpha value is -0.130. The molecule has 0 saturated carbocycles. The van der Waals surface area contributed by atoms with Crippen molar-refractivity contribution in [3.8, 4) is 0 Å². The third-order valence-electron chi connectivity index (χ3n) is 2.73. The molecule has 1 aliphatic rings. The van der Waals surface area contributed by atoms with Gasteiger partial charge in [0.15, 0.2) is 0 Å². The van der Waals surface area contributed by atoms with Gasteiger partial charge in [0.25, 0.3) is 0 Å². The topological polar surface area (TPSA) is 49.4 Å². The summed E-state index contributed by atoms with van der Waals surface area (Å²) in [6, 6.07) is 0.150. The van der Waals surface area contributed by atoms with Gasteiger partial charge in [-0.05, 0) is 18.4 Å². The van der Waals surface area contributed by atoms with Crippen LogP contribution in [0.25, 0.3) is 0 Å². The first-order valence-electron chi connectivity index (χ1n) is 5.96. The Labute approximate surface area is 99.5 Å². The summed E-state index contributed by atoms with van der Waals surface area (Å²) >= 11 is 0. The van der Waals surface area contributed by atoms with E-state index in [0.29, 0.717) is 6.54 Å². The van der Waals surface area contributed by atoms with Crippen LogP contribution in [-0.2, 0) is 10.0 Å². The predicted molar refractivity (Wildman–Crippen MR) is 66.9 cm³/mol. The Balaban J connectivity index is 2.78. The molecule has 0 amide bonds. The number of nitrogens with one attached hydrogen (secondary N) is 1. The number of likely N-dealkylation sites (N-methyl/N-ethyl adjacent to an activating group) is 1. The highest BCUT2D eigenvalue weighted by atomic mass is 32.2. The smallest absolute Gasteiger partial charge is 0.214 e. The van der Waals surface area contributed by atoms with Crippen LogP contribution in [0, 0.1) is 5.41 Å². The minimum Gasteiger partial charge on any atom is -0.315 e. The largest absolute Gasteiger partial charge is 0.315 e. The average Bonchev–Trinajstić information content (AvgIpc) is 2.52. The van der Waals surface area contributed by atoms with Crippen molar-refractivity contribution in [2.24, 2.45) is 5.41 Å². The minimum atomic E-state index is -3.12. The van der Waals surface area contributed by atoms with E-state index in [1.165, 1.54) is 0 Å². The number of sulfonamides is 1. The average molecular weight is 248 g/mol. The third-order valence-corrected chi connectivity index (χ3v) is 5.23. The zero-order valence-electron chi connectivity index (χ0n) is 10.8. The van der Waals surface area contributed by atoms with E-state index in [9.17, 15) is 8.42 Å². The summed E-state index contributed by atoms with van der Waals surface area (Å²) in [7, 11) is -3.12. The lowest BCUT2D eigenvalue weighted by atomic mass is 10.0. The van der Waals surface area contributed by atoms with Crippen LogP contribution in [-0.4, -0.2) is 44.2 Å². The van der Waals surface area contributed by atoms with Gasteiger partial charge < -0.3 is 5.32 Å². The first kappa shape index (κ1) is 13.9. The normalized spacial score (nSPS) is 22.9. The van der Waals surface area contributed by atoms with E-state index in [1.807, 2.05) is 27.7 Å². The molecule has 1 fully saturated rings. The van der Waals surface area contributed by atoms with Crippen molar-refractivity contribution in [3.05, 3.63) is 0 Å². The molecule has 0 aliphatic carbocycles. The number of hydrogen-bond acceptors (Lipinski definition) is 3. The van der Waals surface area contributed by atoms with Crippen molar-refractivity contribution in [3.63, 3.8) is 0 Å².